The third-order valence-electron chi connectivity index (χ3n) is 7.33. The fourth-order valence-electron chi connectivity index (χ4n) is 5.69. The van der Waals surface area contributed by atoms with E-state index >= 15 is 4.39 Å². The minimum absolute atomic E-state index is 0.0327. The summed E-state index contributed by atoms with van der Waals surface area (Å²) in [6.07, 6.45) is 11.5. The van der Waals surface area contributed by atoms with Gasteiger partial charge in [-0.25, -0.2) is 4.39 Å². The first kappa shape index (κ1) is 21.3. The number of halogens is 1. The van der Waals surface area contributed by atoms with Gasteiger partial charge in [0.2, 0.25) is 0 Å². The number of ether oxygens (including phenoxy) is 1. The third-order valence-corrected chi connectivity index (χ3v) is 7.33. The van der Waals surface area contributed by atoms with Crippen molar-refractivity contribution in [2.45, 2.75) is 70.3 Å². The highest BCUT2D eigenvalue weighted by Crippen LogP contribution is 2.47. The Balaban J connectivity index is 1.42. The molecule has 2 aliphatic carbocycles. The molecule has 0 heterocycles. The highest BCUT2D eigenvalue weighted by molar-refractivity contribution is 5.64. The van der Waals surface area contributed by atoms with Crippen LogP contribution in [0.25, 0.3) is 11.1 Å². The number of hydrogen-bond acceptors (Lipinski definition) is 1. The molecule has 2 aromatic rings. The van der Waals surface area contributed by atoms with E-state index in [2.05, 4.69) is 43.8 Å². The SMILES string of the molecule is C=CCCc1ccc(-c2ccc(C3CCC4CC(OCC)CCC4C3)c(F)c2)cc1. The van der Waals surface area contributed by atoms with Crippen molar-refractivity contribution in [3.05, 3.63) is 72.1 Å². The molecule has 4 atom stereocenters. The Morgan fingerprint density at radius 2 is 1.70 bits per heavy atom. The first-order valence-corrected chi connectivity index (χ1v) is 11.8. The zero-order chi connectivity index (χ0) is 20.9. The average molecular weight is 407 g/mol. The number of fused-ring (bicyclic) bond motifs is 1. The minimum atomic E-state index is -0.0327. The van der Waals surface area contributed by atoms with E-state index in [-0.39, 0.29) is 5.82 Å². The molecule has 4 unspecified atom stereocenters. The lowest BCUT2D eigenvalue weighted by Gasteiger charge is -2.42. The molecule has 0 aromatic heterocycles. The minimum Gasteiger partial charge on any atom is -0.378 e. The van der Waals surface area contributed by atoms with E-state index in [4.69, 9.17) is 4.74 Å². The van der Waals surface area contributed by atoms with Crippen molar-refractivity contribution in [3.63, 3.8) is 0 Å². The summed E-state index contributed by atoms with van der Waals surface area (Å²) in [5.41, 5.74) is 4.27. The predicted molar refractivity (Wildman–Crippen MR) is 123 cm³/mol. The molecule has 30 heavy (non-hydrogen) atoms. The van der Waals surface area contributed by atoms with Crippen molar-refractivity contribution in [1.29, 1.82) is 0 Å². The molecule has 0 radical (unpaired) electrons. The number of aryl methyl sites for hydroxylation is 1. The Hall–Kier alpha value is -1.93. The summed E-state index contributed by atoms with van der Waals surface area (Å²) in [4.78, 5) is 0. The van der Waals surface area contributed by atoms with E-state index in [1.165, 1.54) is 31.2 Å². The fraction of sp³-hybridized carbons (Fsp3) is 0.500. The van der Waals surface area contributed by atoms with Gasteiger partial charge in [-0.15, -0.1) is 6.58 Å². The van der Waals surface area contributed by atoms with E-state index in [9.17, 15) is 0 Å². The van der Waals surface area contributed by atoms with E-state index in [1.807, 2.05) is 12.1 Å². The Bertz CT molecular complexity index is 840. The lowest BCUT2D eigenvalue weighted by Crippen LogP contribution is -2.33. The summed E-state index contributed by atoms with van der Waals surface area (Å²) in [6.45, 7) is 6.69. The van der Waals surface area contributed by atoms with E-state index in [0.717, 1.165) is 60.8 Å². The molecule has 1 nitrogen and oxygen atoms in total. The zero-order valence-electron chi connectivity index (χ0n) is 18.3. The van der Waals surface area contributed by atoms with Gasteiger partial charge >= 0.3 is 0 Å². The molecule has 2 aromatic carbocycles. The van der Waals surface area contributed by atoms with Crippen molar-refractivity contribution < 1.29 is 9.13 Å². The normalized spacial score (nSPS) is 26.2. The van der Waals surface area contributed by atoms with Crippen molar-refractivity contribution in [2.75, 3.05) is 6.61 Å². The lowest BCUT2D eigenvalue weighted by molar-refractivity contribution is -0.00968. The number of hydrogen-bond donors (Lipinski definition) is 0. The van der Waals surface area contributed by atoms with Crippen LogP contribution in [0, 0.1) is 17.7 Å². The van der Waals surface area contributed by atoms with Gasteiger partial charge in [-0.1, -0.05) is 42.5 Å². The van der Waals surface area contributed by atoms with Crippen LogP contribution in [-0.4, -0.2) is 12.7 Å². The summed E-state index contributed by atoms with van der Waals surface area (Å²) in [6, 6.07) is 14.4. The van der Waals surface area contributed by atoms with E-state index in [1.54, 1.807) is 6.07 Å². The van der Waals surface area contributed by atoms with Gasteiger partial charge in [0.25, 0.3) is 0 Å². The quantitative estimate of drug-likeness (QED) is 0.428. The lowest BCUT2D eigenvalue weighted by atomic mass is 9.65. The molecule has 2 aliphatic rings. The third kappa shape index (κ3) is 4.86. The van der Waals surface area contributed by atoms with Crippen molar-refractivity contribution in [2.24, 2.45) is 11.8 Å². The summed E-state index contributed by atoms with van der Waals surface area (Å²) in [5.74, 6) is 1.84. The van der Waals surface area contributed by atoms with Gasteiger partial charge in [0.15, 0.2) is 0 Å². The second kappa shape index (κ2) is 9.92. The van der Waals surface area contributed by atoms with Crippen LogP contribution in [0.4, 0.5) is 4.39 Å². The summed E-state index contributed by atoms with van der Waals surface area (Å²) >= 11 is 0. The van der Waals surface area contributed by atoms with Gasteiger partial charge in [0.1, 0.15) is 5.82 Å². The van der Waals surface area contributed by atoms with Crippen LogP contribution < -0.4 is 0 Å². The van der Waals surface area contributed by atoms with Gasteiger partial charge in [0, 0.05) is 6.61 Å². The fourth-order valence-corrected chi connectivity index (χ4v) is 5.69. The first-order valence-electron chi connectivity index (χ1n) is 11.8. The standard InChI is InChI=1S/C28H35FO/c1-3-5-6-20-7-9-21(10-8-20)24-14-16-27(28(29)19-24)25-12-11-23-18-26(30-4-2)15-13-22(23)17-25/h3,7-10,14,16,19,22-23,25-26H,1,4-6,11-13,15,17-18H2,2H3. The van der Waals surface area contributed by atoms with Crippen LogP contribution in [0.1, 0.15) is 68.9 Å². The number of allylic oxidation sites excluding steroid dienone is 1. The molecule has 0 aliphatic heterocycles. The van der Waals surface area contributed by atoms with Crippen LogP contribution in [0.15, 0.2) is 55.1 Å². The number of rotatable bonds is 7. The molecule has 160 valence electrons. The average Bonchev–Trinajstić information content (AvgIpc) is 2.78. The van der Waals surface area contributed by atoms with Gasteiger partial charge in [-0.3, -0.25) is 0 Å². The molecule has 2 heteroatoms. The Morgan fingerprint density at radius 3 is 2.43 bits per heavy atom. The second-order valence-electron chi connectivity index (χ2n) is 9.18. The van der Waals surface area contributed by atoms with Crippen molar-refractivity contribution in [3.8, 4) is 11.1 Å². The van der Waals surface area contributed by atoms with Crippen molar-refractivity contribution >= 4 is 0 Å². The summed E-state index contributed by atoms with van der Waals surface area (Å²) in [5, 5.41) is 0. The Morgan fingerprint density at radius 1 is 0.967 bits per heavy atom. The first-order chi connectivity index (χ1) is 14.7. The monoisotopic (exact) mass is 406 g/mol. The molecule has 0 bridgehead atoms. The second-order valence-corrected chi connectivity index (χ2v) is 9.18. The molecular formula is C28H35FO. The van der Waals surface area contributed by atoms with Gasteiger partial charge in [-0.2, -0.15) is 0 Å². The maximum atomic E-state index is 15.1. The maximum Gasteiger partial charge on any atom is 0.127 e. The van der Waals surface area contributed by atoms with Gasteiger partial charge in [0.05, 0.1) is 6.10 Å². The zero-order valence-corrected chi connectivity index (χ0v) is 18.3. The summed E-state index contributed by atoms with van der Waals surface area (Å²) in [7, 11) is 0. The Kier molecular flexibility index (Phi) is 7.04. The van der Waals surface area contributed by atoms with Crippen LogP contribution in [-0.2, 0) is 11.2 Å². The molecular weight excluding hydrogens is 371 g/mol. The summed E-state index contributed by atoms with van der Waals surface area (Å²) < 4.78 is 21.0. The van der Waals surface area contributed by atoms with E-state index in [0.29, 0.717) is 12.0 Å². The molecule has 0 N–H and O–H groups in total. The van der Waals surface area contributed by atoms with Crippen LogP contribution in [0.3, 0.4) is 0 Å². The van der Waals surface area contributed by atoms with Crippen LogP contribution in [0.2, 0.25) is 0 Å². The topological polar surface area (TPSA) is 9.23 Å². The molecule has 0 saturated heterocycles. The molecule has 0 amide bonds. The maximum absolute atomic E-state index is 15.1. The molecule has 0 spiro atoms. The van der Waals surface area contributed by atoms with Gasteiger partial charge < -0.3 is 4.74 Å². The van der Waals surface area contributed by atoms with E-state index < -0.39 is 0 Å². The van der Waals surface area contributed by atoms with Crippen molar-refractivity contribution in [1.82, 2.24) is 0 Å². The van der Waals surface area contributed by atoms with Gasteiger partial charge in [-0.05, 0) is 104 Å². The largest absolute Gasteiger partial charge is 0.378 e. The van der Waals surface area contributed by atoms with Crippen LogP contribution in [0.5, 0.6) is 0 Å². The molecule has 2 fully saturated rings. The Labute approximate surface area is 181 Å². The molecule has 2 saturated carbocycles. The smallest absolute Gasteiger partial charge is 0.127 e. The molecule has 4 rings (SSSR count). The highest BCUT2D eigenvalue weighted by atomic mass is 19.1. The van der Waals surface area contributed by atoms with Crippen LogP contribution >= 0.6 is 0 Å². The number of benzene rings is 2. The highest BCUT2D eigenvalue weighted by Gasteiger charge is 2.36. The predicted octanol–water partition coefficient (Wildman–Crippen LogP) is 7.70.